The van der Waals surface area contributed by atoms with Crippen LogP contribution in [-0.4, -0.2) is 30.8 Å². The van der Waals surface area contributed by atoms with E-state index in [1.165, 1.54) is 10.7 Å². The summed E-state index contributed by atoms with van der Waals surface area (Å²) in [5.74, 6) is 0.128. The molecule has 3 aromatic rings. The number of carbonyl (C=O) groups is 1. The summed E-state index contributed by atoms with van der Waals surface area (Å²) in [6.45, 7) is 4.05. The molecule has 24 heavy (non-hydrogen) atoms. The van der Waals surface area contributed by atoms with Crippen LogP contribution in [-0.2, 0) is 0 Å². The van der Waals surface area contributed by atoms with Gasteiger partial charge in [-0.25, -0.2) is 19.4 Å². The summed E-state index contributed by atoms with van der Waals surface area (Å²) in [5, 5.41) is 13.7. The van der Waals surface area contributed by atoms with Crippen molar-refractivity contribution in [3.8, 4) is 17.2 Å². The van der Waals surface area contributed by atoms with Crippen LogP contribution in [0, 0.1) is 0 Å². The van der Waals surface area contributed by atoms with Gasteiger partial charge in [0.25, 0.3) is 0 Å². The monoisotopic (exact) mass is 342 g/mol. The second kappa shape index (κ2) is 6.41. The molecule has 2 heterocycles. The predicted molar refractivity (Wildman–Crippen MR) is 90.6 cm³/mol. The van der Waals surface area contributed by atoms with Crippen LogP contribution in [0.15, 0.2) is 42.6 Å². The van der Waals surface area contributed by atoms with Gasteiger partial charge >= 0.3 is 5.97 Å². The minimum absolute atomic E-state index is 0.0379. The number of carboxylic acid groups (broad SMARTS) is 1. The highest BCUT2D eigenvalue weighted by Gasteiger charge is 2.13. The number of nitrogens with zero attached hydrogens (tertiary/aromatic N) is 4. The van der Waals surface area contributed by atoms with Crippen molar-refractivity contribution in [1.29, 1.82) is 0 Å². The van der Waals surface area contributed by atoms with Gasteiger partial charge in [-0.3, -0.25) is 0 Å². The molecule has 0 saturated carbocycles. The summed E-state index contributed by atoms with van der Waals surface area (Å²) < 4.78 is 1.44. The Labute approximate surface area is 143 Å². The molecule has 0 saturated heterocycles. The van der Waals surface area contributed by atoms with Crippen molar-refractivity contribution in [3.05, 3.63) is 59.0 Å². The molecule has 0 unspecified atom stereocenters. The molecular formula is C17H15ClN4O2. The van der Waals surface area contributed by atoms with E-state index >= 15 is 0 Å². The van der Waals surface area contributed by atoms with Crippen LogP contribution >= 0.6 is 11.6 Å². The largest absolute Gasteiger partial charge is 0.476 e. The van der Waals surface area contributed by atoms with Crippen LogP contribution in [0.4, 0.5) is 0 Å². The Morgan fingerprint density at radius 3 is 2.62 bits per heavy atom. The fraction of sp³-hybridized carbons (Fsp3) is 0.176. The minimum atomic E-state index is -1.08. The van der Waals surface area contributed by atoms with Crippen molar-refractivity contribution in [2.75, 3.05) is 0 Å². The molecule has 0 radical (unpaired) electrons. The second-order valence-electron chi connectivity index (χ2n) is 5.59. The summed E-state index contributed by atoms with van der Waals surface area (Å²) in [6, 6.07) is 10.5. The van der Waals surface area contributed by atoms with E-state index in [-0.39, 0.29) is 11.6 Å². The second-order valence-corrected chi connectivity index (χ2v) is 6.03. The maximum atomic E-state index is 11.0. The number of hydrogen-bond acceptors (Lipinski definition) is 4. The first-order chi connectivity index (χ1) is 11.4. The summed E-state index contributed by atoms with van der Waals surface area (Å²) >= 11 is 6.05. The van der Waals surface area contributed by atoms with Crippen molar-refractivity contribution in [2.24, 2.45) is 0 Å². The molecule has 2 aromatic heterocycles. The maximum absolute atomic E-state index is 11.0. The lowest BCUT2D eigenvalue weighted by molar-refractivity contribution is 0.0690. The van der Waals surface area contributed by atoms with Gasteiger partial charge in [0.05, 0.1) is 0 Å². The molecule has 7 heteroatoms. The SMILES string of the molecule is CC(C)c1cc(-n2ccc(C(=O)O)n2)nc(-c2cccc(Cl)c2)n1. The molecule has 122 valence electrons. The number of rotatable bonds is 4. The minimum Gasteiger partial charge on any atom is -0.476 e. The molecule has 0 aliphatic carbocycles. The van der Waals surface area contributed by atoms with Crippen LogP contribution in [0.3, 0.4) is 0 Å². The molecule has 1 aromatic carbocycles. The van der Waals surface area contributed by atoms with E-state index in [1.807, 2.05) is 26.0 Å². The quantitative estimate of drug-likeness (QED) is 0.779. The lowest BCUT2D eigenvalue weighted by atomic mass is 10.1. The lowest BCUT2D eigenvalue weighted by Crippen LogP contribution is -2.06. The van der Waals surface area contributed by atoms with E-state index in [9.17, 15) is 4.79 Å². The fourth-order valence-corrected chi connectivity index (χ4v) is 2.38. The van der Waals surface area contributed by atoms with E-state index in [0.717, 1.165) is 11.3 Å². The highest BCUT2D eigenvalue weighted by atomic mass is 35.5. The van der Waals surface area contributed by atoms with E-state index in [1.54, 1.807) is 24.4 Å². The summed E-state index contributed by atoms with van der Waals surface area (Å²) in [4.78, 5) is 20.1. The third-order valence-corrected chi connectivity index (χ3v) is 3.68. The first-order valence-electron chi connectivity index (χ1n) is 7.38. The van der Waals surface area contributed by atoms with Gasteiger partial charge in [-0.15, -0.1) is 0 Å². The molecule has 3 rings (SSSR count). The molecule has 6 nitrogen and oxygen atoms in total. The van der Waals surface area contributed by atoms with Crippen molar-refractivity contribution < 1.29 is 9.90 Å². The van der Waals surface area contributed by atoms with Gasteiger partial charge in [-0.1, -0.05) is 37.6 Å². The molecule has 0 aliphatic heterocycles. The Hall–Kier alpha value is -2.73. The van der Waals surface area contributed by atoms with Crippen molar-refractivity contribution in [3.63, 3.8) is 0 Å². The van der Waals surface area contributed by atoms with Gasteiger partial charge in [-0.05, 0) is 24.1 Å². The van der Waals surface area contributed by atoms with Gasteiger partial charge in [0, 0.05) is 28.5 Å². The number of aromatic nitrogens is 4. The fourth-order valence-electron chi connectivity index (χ4n) is 2.19. The number of hydrogen-bond donors (Lipinski definition) is 1. The van der Waals surface area contributed by atoms with Gasteiger partial charge in [0.15, 0.2) is 17.3 Å². The summed E-state index contributed by atoms with van der Waals surface area (Å²) in [7, 11) is 0. The Kier molecular flexibility index (Phi) is 4.31. The number of halogens is 1. The zero-order valence-corrected chi connectivity index (χ0v) is 13.9. The van der Waals surface area contributed by atoms with Crippen LogP contribution in [0.5, 0.6) is 0 Å². The first-order valence-corrected chi connectivity index (χ1v) is 7.76. The van der Waals surface area contributed by atoms with E-state index in [4.69, 9.17) is 16.7 Å². The third kappa shape index (κ3) is 3.28. The predicted octanol–water partition coefficient (Wildman–Crippen LogP) is 3.80. The zero-order valence-electron chi connectivity index (χ0n) is 13.1. The molecule has 0 aliphatic rings. The Balaban J connectivity index is 2.13. The Morgan fingerprint density at radius 1 is 1.21 bits per heavy atom. The topological polar surface area (TPSA) is 80.9 Å². The number of carboxylic acids is 1. The average Bonchev–Trinajstić information content (AvgIpc) is 3.04. The molecule has 0 bridgehead atoms. The van der Waals surface area contributed by atoms with Crippen molar-refractivity contribution in [1.82, 2.24) is 19.7 Å². The van der Waals surface area contributed by atoms with E-state index in [2.05, 4.69) is 15.1 Å². The molecule has 0 amide bonds. The van der Waals surface area contributed by atoms with Gasteiger partial charge in [-0.2, -0.15) is 5.10 Å². The van der Waals surface area contributed by atoms with E-state index in [0.29, 0.717) is 16.7 Å². The van der Waals surface area contributed by atoms with Crippen LogP contribution in [0.1, 0.15) is 35.9 Å². The standard InChI is InChI=1S/C17H15ClN4O2/c1-10(2)14-9-15(22-7-6-13(21-22)17(23)24)20-16(19-14)11-4-3-5-12(18)8-11/h3-10H,1-2H3,(H,23,24). The van der Waals surface area contributed by atoms with Crippen LogP contribution in [0.2, 0.25) is 5.02 Å². The Morgan fingerprint density at radius 2 is 2.00 bits per heavy atom. The summed E-state index contributed by atoms with van der Waals surface area (Å²) in [6.07, 6.45) is 1.57. The molecule has 0 spiro atoms. The summed E-state index contributed by atoms with van der Waals surface area (Å²) in [5.41, 5.74) is 1.59. The highest BCUT2D eigenvalue weighted by molar-refractivity contribution is 6.30. The van der Waals surface area contributed by atoms with Gasteiger partial charge in [0.2, 0.25) is 0 Å². The zero-order chi connectivity index (χ0) is 17.3. The molecular weight excluding hydrogens is 328 g/mol. The molecule has 0 atom stereocenters. The highest BCUT2D eigenvalue weighted by Crippen LogP contribution is 2.23. The van der Waals surface area contributed by atoms with Gasteiger partial charge in [0.1, 0.15) is 0 Å². The Bertz CT molecular complexity index is 905. The van der Waals surface area contributed by atoms with Crippen molar-refractivity contribution >= 4 is 17.6 Å². The normalized spacial score (nSPS) is 11.0. The van der Waals surface area contributed by atoms with Crippen LogP contribution < -0.4 is 0 Å². The average molecular weight is 343 g/mol. The first kappa shape index (κ1) is 16.1. The molecule has 1 N–H and O–H groups in total. The number of benzene rings is 1. The molecule has 0 fully saturated rings. The van der Waals surface area contributed by atoms with Crippen LogP contribution in [0.25, 0.3) is 17.2 Å². The lowest BCUT2D eigenvalue weighted by Gasteiger charge is -2.10. The van der Waals surface area contributed by atoms with Gasteiger partial charge < -0.3 is 5.11 Å². The van der Waals surface area contributed by atoms with Crippen molar-refractivity contribution in [2.45, 2.75) is 19.8 Å². The van der Waals surface area contributed by atoms with E-state index < -0.39 is 5.97 Å². The maximum Gasteiger partial charge on any atom is 0.356 e. The number of aromatic carboxylic acids is 1. The third-order valence-electron chi connectivity index (χ3n) is 3.45. The smallest absolute Gasteiger partial charge is 0.356 e.